The molecular weight excluding hydrogens is 204 g/mol. The van der Waals surface area contributed by atoms with Gasteiger partial charge >= 0.3 is 0 Å². The lowest BCUT2D eigenvalue weighted by Gasteiger charge is -2.07. The SMILES string of the molecule is [C]1=C(C2=C(Cc3ccccc3)C=CC2)C=CC1. The molecule has 0 aromatic heterocycles. The summed E-state index contributed by atoms with van der Waals surface area (Å²) in [4.78, 5) is 0. The van der Waals surface area contributed by atoms with Gasteiger partial charge in [0, 0.05) is 0 Å². The van der Waals surface area contributed by atoms with Crippen LogP contribution in [0.5, 0.6) is 0 Å². The van der Waals surface area contributed by atoms with E-state index >= 15 is 0 Å². The van der Waals surface area contributed by atoms with E-state index in [0.29, 0.717) is 0 Å². The lowest BCUT2D eigenvalue weighted by atomic mass is 9.97. The van der Waals surface area contributed by atoms with Crippen molar-refractivity contribution in [2.45, 2.75) is 19.3 Å². The molecule has 0 fully saturated rings. The minimum absolute atomic E-state index is 0.970. The van der Waals surface area contributed by atoms with Crippen LogP contribution in [0.1, 0.15) is 18.4 Å². The van der Waals surface area contributed by atoms with E-state index in [4.69, 9.17) is 0 Å². The van der Waals surface area contributed by atoms with Crippen molar-refractivity contribution in [3.05, 3.63) is 83.0 Å². The Balaban J connectivity index is 1.87. The van der Waals surface area contributed by atoms with E-state index in [-0.39, 0.29) is 0 Å². The summed E-state index contributed by atoms with van der Waals surface area (Å²) in [5, 5.41) is 0. The number of benzene rings is 1. The largest absolute Gasteiger partial charge is 0.0798 e. The maximum Gasteiger partial charge on any atom is -0.00228 e. The van der Waals surface area contributed by atoms with Crippen LogP contribution in [0, 0.1) is 6.08 Å². The van der Waals surface area contributed by atoms with Gasteiger partial charge in [-0.2, -0.15) is 0 Å². The highest BCUT2D eigenvalue weighted by Gasteiger charge is 2.13. The minimum Gasteiger partial charge on any atom is -0.0798 e. The van der Waals surface area contributed by atoms with Crippen molar-refractivity contribution < 1.29 is 0 Å². The molecule has 0 nitrogen and oxygen atoms in total. The van der Waals surface area contributed by atoms with Crippen molar-refractivity contribution >= 4 is 0 Å². The van der Waals surface area contributed by atoms with E-state index in [1.165, 1.54) is 22.3 Å². The fraction of sp³-hybridized carbons (Fsp3) is 0.176. The van der Waals surface area contributed by atoms with Crippen LogP contribution in [0.15, 0.2) is 71.4 Å². The fourth-order valence-electron chi connectivity index (χ4n) is 2.43. The van der Waals surface area contributed by atoms with Gasteiger partial charge in [-0.25, -0.2) is 0 Å². The van der Waals surface area contributed by atoms with Crippen LogP contribution in [-0.2, 0) is 6.42 Å². The lowest BCUT2D eigenvalue weighted by Crippen LogP contribution is -1.92. The maximum atomic E-state index is 3.42. The molecule has 0 aliphatic heterocycles. The van der Waals surface area contributed by atoms with E-state index in [1.807, 2.05) is 0 Å². The monoisotopic (exact) mass is 219 g/mol. The van der Waals surface area contributed by atoms with Crippen LogP contribution in [0.2, 0.25) is 0 Å². The fourth-order valence-corrected chi connectivity index (χ4v) is 2.43. The molecule has 0 unspecified atom stereocenters. The average Bonchev–Trinajstić information content (AvgIpc) is 3.00. The van der Waals surface area contributed by atoms with E-state index in [2.05, 4.69) is 60.7 Å². The normalized spacial score (nSPS) is 18.0. The average molecular weight is 219 g/mol. The zero-order chi connectivity index (χ0) is 11.5. The third-order valence-electron chi connectivity index (χ3n) is 3.29. The molecule has 3 rings (SSSR count). The van der Waals surface area contributed by atoms with Gasteiger partial charge in [0.25, 0.3) is 0 Å². The number of hydrogen-bond acceptors (Lipinski definition) is 0. The Morgan fingerprint density at radius 1 is 1.00 bits per heavy atom. The van der Waals surface area contributed by atoms with Crippen LogP contribution in [0.3, 0.4) is 0 Å². The first-order valence-corrected chi connectivity index (χ1v) is 6.14. The van der Waals surface area contributed by atoms with E-state index in [1.54, 1.807) is 0 Å². The van der Waals surface area contributed by atoms with Crippen molar-refractivity contribution in [3.8, 4) is 0 Å². The first-order valence-electron chi connectivity index (χ1n) is 6.14. The molecular formula is C17H15. The third kappa shape index (κ3) is 2.16. The molecule has 0 spiro atoms. The summed E-state index contributed by atoms with van der Waals surface area (Å²) >= 11 is 0. The van der Waals surface area contributed by atoms with Gasteiger partial charge in [0.1, 0.15) is 0 Å². The zero-order valence-corrected chi connectivity index (χ0v) is 9.82. The van der Waals surface area contributed by atoms with Crippen molar-refractivity contribution in [1.29, 1.82) is 0 Å². The van der Waals surface area contributed by atoms with Crippen molar-refractivity contribution in [1.82, 2.24) is 0 Å². The molecule has 0 amide bonds. The Bertz CT molecular complexity index is 524. The molecule has 0 heteroatoms. The Hall–Kier alpha value is -1.82. The van der Waals surface area contributed by atoms with Gasteiger partial charge in [0.2, 0.25) is 0 Å². The summed E-state index contributed by atoms with van der Waals surface area (Å²) in [7, 11) is 0. The molecule has 0 bridgehead atoms. The Kier molecular flexibility index (Phi) is 2.79. The van der Waals surface area contributed by atoms with Crippen LogP contribution < -0.4 is 0 Å². The summed E-state index contributed by atoms with van der Waals surface area (Å²) in [6.07, 6.45) is 15.4. The van der Waals surface area contributed by atoms with Crippen LogP contribution >= 0.6 is 0 Å². The van der Waals surface area contributed by atoms with Gasteiger partial charge in [-0.3, -0.25) is 0 Å². The maximum absolute atomic E-state index is 3.42. The molecule has 1 aromatic rings. The zero-order valence-electron chi connectivity index (χ0n) is 9.82. The van der Waals surface area contributed by atoms with Crippen LogP contribution in [0.4, 0.5) is 0 Å². The first kappa shape index (κ1) is 10.3. The van der Waals surface area contributed by atoms with Crippen LogP contribution in [0.25, 0.3) is 0 Å². The molecule has 0 heterocycles. The Labute approximate surface area is 103 Å². The van der Waals surface area contributed by atoms with Gasteiger partial charge in [-0.15, -0.1) is 0 Å². The summed E-state index contributed by atoms with van der Waals surface area (Å²) in [5.74, 6) is 0. The van der Waals surface area contributed by atoms with Crippen molar-refractivity contribution in [3.63, 3.8) is 0 Å². The van der Waals surface area contributed by atoms with Gasteiger partial charge in [0.05, 0.1) is 0 Å². The van der Waals surface area contributed by atoms with Gasteiger partial charge in [-0.1, -0.05) is 54.6 Å². The molecule has 2 aliphatic rings. The van der Waals surface area contributed by atoms with Gasteiger partial charge < -0.3 is 0 Å². The molecule has 2 aliphatic carbocycles. The molecule has 1 radical (unpaired) electrons. The lowest BCUT2D eigenvalue weighted by molar-refractivity contribution is 1.15. The second-order valence-corrected chi connectivity index (χ2v) is 4.47. The topological polar surface area (TPSA) is 0 Å². The van der Waals surface area contributed by atoms with E-state index in [0.717, 1.165) is 19.3 Å². The second-order valence-electron chi connectivity index (χ2n) is 4.47. The second kappa shape index (κ2) is 4.58. The first-order chi connectivity index (χ1) is 8.43. The third-order valence-corrected chi connectivity index (χ3v) is 3.29. The minimum atomic E-state index is 0.970. The molecule has 0 atom stereocenters. The highest BCUT2D eigenvalue weighted by molar-refractivity contribution is 5.52. The molecule has 1 aromatic carbocycles. The molecule has 0 N–H and O–H groups in total. The van der Waals surface area contributed by atoms with Crippen LogP contribution in [-0.4, -0.2) is 0 Å². The summed E-state index contributed by atoms with van der Waals surface area (Å²) in [6, 6.07) is 10.7. The van der Waals surface area contributed by atoms with Crippen molar-refractivity contribution in [2.24, 2.45) is 0 Å². The highest BCUT2D eigenvalue weighted by Crippen LogP contribution is 2.30. The predicted molar refractivity (Wildman–Crippen MR) is 71.4 cm³/mol. The standard InChI is InChI=1S/C17H15/c1-2-7-14(8-3-1)13-16-11-6-12-17(16)15-9-4-5-10-15/h1-4,6-9,11H,5,12-13H2. The summed E-state index contributed by atoms with van der Waals surface area (Å²) < 4.78 is 0. The Morgan fingerprint density at radius 2 is 1.88 bits per heavy atom. The molecule has 0 saturated heterocycles. The quantitative estimate of drug-likeness (QED) is 0.715. The molecule has 83 valence electrons. The van der Waals surface area contributed by atoms with Gasteiger partial charge in [-0.05, 0) is 47.6 Å². The highest BCUT2D eigenvalue weighted by atomic mass is 14.2. The number of rotatable bonds is 3. The molecule has 0 saturated carbocycles. The van der Waals surface area contributed by atoms with E-state index in [9.17, 15) is 0 Å². The number of hydrogen-bond donors (Lipinski definition) is 0. The Morgan fingerprint density at radius 3 is 2.65 bits per heavy atom. The van der Waals surface area contributed by atoms with E-state index < -0.39 is 0 Å². The van der Waals surface area contributed by atoms with Gasteiger partial charge in [0.15, 0.2) is 0 Å². The summed E-state index contributed by atoms with van der Waals surface area (Å²) in [5.41, 5.74) is 5.60. The summed E-state index contributed by atoms with van der Waals surface area (Å²) in [6.45, 7) is 0. The van der Waals surface area contributed by atoms with Crippen molar-refractivity contribution in [2.75, 3.05) is 0 Å². The molecule has 17 heavy (non-hydrogen) atoms. The smallest absolute Gasteiger partial charge is 0.00228 e. The number of allylic oxidation sites excluding steroid dienone is 8. The predicted octanol–water partition coefficient (Wildman–Crippen LogP) is 4.18.